The Morgan fingerprint density at radius 1 is 1.23 bits per heavy atom. The van der Waals surface area contributed by atoms with E-state index in [0.29, 0.717) is 6.04 Å². The molecule has 0 saturated heterocycles. The van der Waals surface area contributed by atoms with Gasteiger partial charge >= 0.3 is 0 Å². The van der Waals surface area contributed by atoms with Crippen molar-refractivity contribution in [2.24, 2.45) is 17.6 Å². The van der Waals surface area contributed by atoms with Gasteiger partial charge < -0.3 is 10.5 Å². The zero-order valence-electron chi connectivity index (χ0n) is 8.96. The van der Waals surface area contributed by atoms with Crippen LogP contribution in [0.3, 0.4) is 0 Å². The van der Waals surface area contributed by atoms with Crippen molar-refractivity contribution in [1.82, 2.24) is 0 Å². The van der Waals surface area contributed by atoms with Crippen molar-refractivity contribution < 1.29 is 4.74 Å². The van der Waals surface area contributed by atoms with Crippen LogP contribution in [0.25, 0.3) is 0 Å². The van der Waals surface area contributed by atoms with Crippen molar-refractivity contribution in [3.63, 3.8) is 0 Å². The number of hydrogen-bond donors (Lipinski definition) is 1. The second-order valence-electron chi connectivity index (χ2n) is 4.58. The van der Waals surface area contributed by atoms with Gasteiger partial charge in [-0.2, -0.15) is 0 Å². The quantitative estimate of drug-likeness (QED) is 0.617. The highest BCUT2D eigenvalue weighted by Gasteiger charge is 2.27. The van der Waals surface area contributed by atoms with Gasteiger partial charge in [0.05, 0.1) is 0 Å². The molecule has 0 bridgehead atoms. The predicted molar refractivity (Wildman–Crippen MR) is 55.6 cm³/mol. The van der Waals surface area contributed by atoms with Crippen LogP contribution in [-0.2, 0) is 4.74 Å². The summed E-state index contributed by atoms with van der Waals surface area (Å²) in [6.07, 6.45) is 4.89. The zero-order chi connectivity index (χ0) is 9.68. The lowest BCUT2D eigenvalue weighted by atomic mass is 10.1. The van der Waals surface area contributed by atoms with Gasteiger partial charge in [-0.15, -0.1) is 0 Å². The monoisotopic (exact) mass is 185 g/mol. The van der Waals surface area contributed by atoms with Crippen LogP contribution in [0.15, 0.2) is 0 Å². The first-order valence-corrected chi connectivity index (χ1v) is 5.53. The second kappa shape index (κ2) is 5.61. The maximum atomic E-state index is 5.94. The Kier molecular flexibility index (Phi) is 4.74. The third-order valence-corrected chi connectivity index (χ3v) is 2.66. The molecule has 2 nitrogen and oxygen atoms in total. The van der Waals surface area contributed by atoms with Crippen molar-refractivity contribution in [3.8, 4) is 0 Å². The maximum absolute atomic E-state index is 5.94. The van der Waals surface area contributed by atoms with Crippen LogP contribution >= 0.6 is 0 Å². The van der Waals surface area contributed by atoms with Crippen molar-refractivity contribution in [1.29, 1.82) is 0 Å². The summed E-state index contributed by atoms with van der Waals surface area (Å²) in [4.78, 5) is 0. The molecule has 1 fully saturated rings. The van der Waals surface area contributed by atoms with Gasteiger partial charge in [-0.1, -0.05) is 13.8 Å². The van der Waals surface area contributed by atoms with Gasteiger partial charge in [0.1, 0.15) is 0 Å². The van der Waals surface area contributed by atoms with Gasteiger partial charge in [0.25, 0.3) is 0 Å². The summed E-state index contributed by atoms with van der Waals surface area (Å²) in [6.45, 7) is 6.19. The van der Waals surface area contributed by atoms with E-state index in [-0.39, 0.29) is 0 Å². The zero-order valence-corrected chi connectivity index (χ0v) is 8.96. The Balaban J connectivity index is 1.83. The van der Waals surface area contributed by atoms with Gasteiger partial charge in [-0.05, 0) is 37.5 Å². The fourth-order valence-electron chi connectivity index (χ4n) is 1.40. The Morgan fingerprint density at radius 2 is 1.85 bits per heavy atom. The summed E-state index contributed by atoms with van der Waals surface area (Å²) in [5, 5.41) is 0. The molecule has 1 unspecified atom stereocenters. The highest BCUT2D eigenvalue weighted by Crippen LogP contribution is 2.32. The van der Waals surface area contributed by atoms with Crippen molar-refractivity contribution in [2.75, 3.05) is 13.2 Å². The molecule has 0 aromatic carbocycles. The smallest absolute Gasteiger partial charge is 0.0480 e. The predicted octanol–water partition coefficient (Wildman–Crippen LogP) is 2.18. The largest absolute Gasteiger partial charge is 0.381 e. The van der Waals surface area contributed by atoms with Crippen molar-refractivity contribution >= 4 is 0 Å². The van der Waals surface area contributed by atoms with Gasteiger partial charge in [-0.3, -0.25) is 0 Å². The molecular weight excluding hydrogens is 162 g/mol. The lowest BCUT2D eigenvalue weighted by Crippen LogP contribution is -2.24. The number of rotatable bonds is 7. The van der Waals surface area contributed by atoms with Crippen LogP contribution in [0.2, 0.25) is 0 Å². The lowest BCUT2D eigenvalue weighted by molar-refractivity contribution is 0.115. The van der Waals surface area contributed by atoms with E-state index in [9.17, 15) is 0 Å². The van der Waals surface area contributed by atoms with E-state index in [1.807, 2.05) is 0 Å². The van der Waals surface area contributed by atoms with E-state index in [1.54, 1.807) is 0 Å². The number of ether oxygens (including phenoxy) is 1. The molecule has 0 aromatic heterocycles. The number of hydrogen-bond acceptors (Lipinski definition) is 2. The second-order valence-corrected chi connectivity index (χ2v) is 4.58. The van der Waals surface area contributed by atoms with Gasteiger partial charge in [0, 0.05) is 19.3 Å². The molecule has 0 aromatic rings. The van der Waals surface area contributed by atoms with E-state index in [0.717, 1.165) is 31.5 Å². The Hall–Kier alpha value is -0.0800. The van der Waals surface area contributed by atoms with Crippen LogP contribution in [0.4, 0.5) is 0 Å². The SMILES string of the molecule is CC(C)CCOCCC(N)C1CC1. The minimum Gasteiger partial charge on any atom is -0.381 e. The Morgan fingerprint density at radius 3 is 2.38 bits per heavy atom. The molecule has 1 aliphatic rings. The Labute approximate surface area is 81.8 Å². The van der Waals surface area contributed by atoms with E-state index in [2.05, 4.69) is 13.8 Å². The first-order valence-electron chi connectivity index (χ1n) is 5.53. The highest BCUT2D eigenvalue weighted by molar-refractivity contribution is 4.83. The summed E-state index contributed by atoms with van der Waals surface area (Å²) in [7, 11) is 0. The molecule has 1 saturated carbocycles. The van der Waals surface area contributed by atoms with Crippen molar-refractivity contribution in [2.45, 2.75) is 45.6 Å². The fraction of sp³-hybridized carbons (Fsp3) is 1.00. The average Bonchev–Trinajstić information content (AvgIpc) is 2.85. The van der Waals surface area contributed by atoms with Gasteiger partial charge in [0.2, 0.25) is 0 Å². The van der Waals surface area contributed by atoms with Crippen LogP contribution in [0.5, 0.6) is 0 Å². The molecule has 1 aliphatic carbocycles. The molecular formula is C11H23NO. The van der Waals surface area contributed by atoms with Crippen LogP contribution in [0, 0.1) is 11.8 Å². The standard InChI is InChI=1S/C11H23NO/c1-9(2)5-7-13-8-6-11(12)10-3-4-10/h9-11H,3-8,12H2,1-2H3. The summed E-state index contributed by atoms with van der Waals surface area (Å²) >= 11 is 0. The summed E-state index contributed by atoms with van der Waals surface area (Å²) in [5.74, 6) is 1.56. The third-order valence-electron chi connectivity index (χ3n) is 2.66. The topological polar surface area (TPSA) is 35.2 Å². The van der Waals surface area contributed by atoms with Gasteiger partial charge in [-0.25, -0.2) is 0 Å². The lowest BCUT2D eigenvalue weighted by Gasteiger charge is -2.10. The van der Waals surface area contributed by atoms with E-state index < -0.39 is 0 Å². The molecule has 0 radical (unpaired) electrons. The van der Waals surface area contributed by atoms with Gasteiger partial charge in [0.15, 0.2) is 0 Å². The third kappa shape index (κ3) is 5.27. The molecule has 78 valence electrons. The molecule has 1 atom stereocenters. The molecule has 2 heteroatoms. The summed E-state index contributed by atoms with van der Waals surface area (Å²) in [6, 6.07) is 0.402. The van der Waals surface area contributed by atoms with Crippen LogP contribution in [0.1, 0.15) is 39.5 Å². The van der Waals surface area contributed by atoms with Crippen LogP contribution in [-0.4, -0.2) is 19.3 Å². The Bertz CT molecular complexity index is 132. The molecule has 1 rings (SSSR count). The normalized spacial score (nSPS) is 19.4. The van der Waals surface area contributed by atoms with E-state index in [4.69, 9.17) is 10.5 Å². The minimum absolute atomic E-state index is 0.402. The first kappa shape index (κ1) is 11.0. The first-order chi connectivity index (χ1) is 6.20. The maximum Gasteiger partial charge on any atom is 0.0480 e. The molecule has 13 heavy (non-hydrogen) atoms. The molecule has 0 aliphatic heterocycles. The number of nitrogens with two attached hydrogens (primary N) is 1. The molecule has 0 amide bonds. The van der Waals surface area contributed by atoms with E-state index in [1.165, 1.54) is 19.3 Å². The summed E-state index contributed by atoms with van der Waals surface area (Å²) in [5.41, 5.74) is 5.94. The molecule has 0 heterocycles. The highest BCUT2D eigenvalue weighted by atomic mass is 16.5. The molecule has 0 spiro atoms. The minimum atomic E-state index is 0.402. The van der Waals surface area contributed by atoms with Crippen molar-refractivity contribution in [3.05, 3.63) is 0 Å². The fourth-order valence-corrected chi connectivity index (χ4v) is 1.40. The van der Waals surface area contributed by atoms with E-state index >= 15 is 0 Å². The van der Waals surface area contributed by atoms with Crippen LogP contribution < -0.4 is 5.73 Å². The summed E-state index contributed by atoms with van der Waals surface area (Å²) < 4.78 is 5.51. The molecule has 2 N–H and O–H groups in total. The average molecular weight is 185 g/mol.